The third kappa shape index (κ3) is 2.13. The van der Waals surface area contributed by atoms with E-state index in [0.717, 1.165) is 0 Å². The van der Waals surface area contributed by atoms with Gasteiger partial charge >= 0.3 is 0 Å². The molecule has 0 fully saturated rings. The van der Waals surface area contributed by atoms with Crippen LogP contribution < -0.4 is 5.73 Å². The van der Waals surface area contributed by atoms with Crippen LogP contribution in [0.3, 0.4) is 0 Å². The molecule has 0 amide bonds. The molecule has 2 rings (SSSR count). The average molecular weight is 238 g/mol. The van der Waals surface area contributed by atoms with E-state index in [-0.39, 0.29) is 23.7 Å². The number of halogens is 2. The first kappa shape index (κ1) is 11.6. The Morgan fingerprint density at radius 2 is 2.00 bits per heavy atom. The Morgan fingerprint density at radius 1 is 1.35 bits per heavy atom. The van der Waals surface area contributed by atoms with Gasteiger partial charge in [0, 0.05) is 6.42 Å². The van der Waals surface area contributed by atoms with Crippen molar-refractivity contribution in [1.29, 1.82) is 0 Å². The zero-order valence-electron chi connectivity index (χ0n) is 9.34. The van der Waals surface area contributed by atoms with Crippen LogP contribution in [0.25, 0.3) is 5.70 Å². The van der Waals surface area contributed by atoms with E-state index in [1.165, 1.54) is 18.2 Å². The molecule has 0 aromatic heterocycles. The minimum absolute atomic E-state index is 0.145. The van der Waals surface area contributed by atoms with Gasteiger partial charge in [0.25, 0.3) is 0 Å². The molecule has 2 N–H and O–H groups in total. The highest BCUT2D eigenvalue weighted by Crippen LogP contribution is 2.29. The molecule has 0 saturated heterocycles. The number of aliphatic imine (C=N–C) groups is 1. The highest BCUT2D eigenvalue weighted by Gasteiger charge is 2.21. The summed E-state index contributed by atoms with van der Waals surface area (Å²) in [7, 11) is 0. The summed E-state index contributed by atoms with van der Waals surface area (Å²) in [4.78, 5) is 4.00. The SMILES string of the molecule is CCC1=C(c2c(F)cccc2F)N=C(N)CO1. The monoisotopic (exact) mass is 238 g/mol. The lowest BCUT2D eigenvalue weighted by molar-refractivity contribution is 0.246. The van der Waals surface area contributed by atoms with Gasteiger partial charge in [-0.05, 0) is 12.1 Å². The van der Waals surface area contributed by atoms with Crippen molar-refractivity contribution < 1.29 is 13.5 Å². The fourth-order valence-corrected chi connectivity index (χ4v) is 1.66. The Hall–Kier alpha value is -1.91. The van der Waals surface area contributed by atoms with Crippen LogP contribution in [0.15, 0.2) is 29.0 Å². The number of rotatable bonds is 2. The maximum absolute atomic E-state index is 13.6. The smallest absolute Gasteiger partial charge is 0.145 e. The third-order valence-electron chi connectivity index (χ3n) is 2.43. The minimum atomic E-state index is -0.673. The lowest BCUT2D eigenvalue weighted by Crippen LogP contribution is -2.23. The van der Waals surface area contributed by atoms with Crippen molar-refractivity contribution in [3.8, 4) is 0 Å². The number of benzene rings is 1. The maximum Gasteiger partial charge on any atom is 0.145 e. The Balaban J connectivity index is 2.62. The average Bonchev–Trinajstić information content (AvgIpc) is 2.29. The zero-order chi connectivity index (χ0) is 12.4. The highest BCUT2D eigenvalue weighted by atomic mass is 19.1. The van der Waals surface area contributed by atoms with Gasteiger partial charge in [0.2, 0.25) is 0 Å². The molecule has 0 saturated carbocycles. The predicted molar refractivity (Wildman–Crippen MR) is 61.1 cm³/mol. The van der Waals surface area contributed by atoms with Gasteiger partial charge < -0.3 is 10.5 Å². The summed E-state index contributed by atoms with van der Waals surface area (Å²) in [5.41, 5.74) is 5.48. The largest absolute Gasteiger partial charge is 0.488 e. The third-order valence-corrected chi connectivity index (χ3v) is 2.43. The van der Waals surface area contributed by atoms with Gasteiger partial charge in [-0.3, -0.25) is 0 Å². The molecule has 1 aromatic carbocycles. The summed E-state index contributed by atoms with van der Waals surface area (Å²) in [6, 6.07) is 3.66. The Labute approximate surface area is 97.6 Å². The van der Waals surface area contributed by atoms with Crippen LogP contribution in [0, 0.1) is 11.6 Å². The summed E-state index contributed by atoms with van der Waals surface area (Å²) >= 11 is 0. The van der Waals surface area contributed by atoms with Gasteiger partial charge in [0.15, 0.2) is 0 Å². The van der Waals surface area contributed by atoms with Gasteiger partial charge in [-0.15, -0.1) is 0 Å². The van der Waals surface area contributed by atoms with Crippen molar-refractivity contribution in [3.05, 3.63) is 41.2 Å². The number of amidine groups is 1. The van der Waals surface area contributed by atoms with Gasteiger partial charge in [0.05, 0.1) is 5.56 Å². The van der Waals surface area contributed by atoms with E-state index in [1.807, 2.05) is 6.92 Å². The van der Waals surface area contributed by atoms with E-state index in [0.29, 0.717) is 12.2 Å². The molecule has 0 aliphatic carbocycles. The second-order valence-corrected chi connectivity index (χ2v) is 3.61. The van der Waals surface area contributed by atoms with E-state index in [1.54, 1.807) is 0 Å². The second kappa shape index (κ2) is 4.53. The number of allylic oxidation sites excluding steroid dienone is 1. The molecular formula is C12H12F2N2O. The highest BCUT2D eigenvalue weighted by molar-refractivity contribution is 5.90. The molecule has 1 aromatic rings. The molecule has 1 aliphatic rings. The molecule has 17 heavy (non-hydrogen) atoms. The number of nitrogens with zero attached hydrogens (tertiary/aromatic N) is 1. The van der Waals surface area contributed by atoms with Crippen LogP contribution in [0.2, 0.25) is 0 Å². The molecular weight excluding hydrogens is 226 g/mol. The number of ether oxygens (including phenoxy) is 1. The van der Waals surface area contributed by atoms with Crippen molar-refractivity contribution in [2.24, 2.45) is 10.7 Å². The van der Waals surface area contributed by atoms with E-state index < -0.39 is 11.6 Å². The standard InChI is InChI=1S/C12H12F2N2O/c1-2-9-12(16-10(15)6-17-9)11-7(13)4-3-5-8(11)14/h3-5H,2,6H2,1H3,(H2,15,16). The van der Waals surface area contributed by atoms with Gasteiger partial charge in [-0.1, -0.05) is 13.0 Å². The maximum atomic E-state index is 13.6. The van der Waals surface area contributed by atoms with Crippen LogP contribution in [-0.4, -0.2) is 12.4 Å². The van der Waals surface area contributed by atoms with Gasteiger partial charge in [0.1, 0.15) is 35.5 Å². The lowest BCUT2D eigenvalue weighted by atomic mass is 10.1. The summed E-state index contributed by atoms with van der Waals surface area (Å²) in [5, 5.41) is 0. The summed E-state index contributed by atoms with van der Waals surface area (Å²) in [5.74, 6) is -0.691. The normalized spacial score (nSPS) is 15.6. The first-order valence-corrected chi connectivity index (χ1v) is 5.26. The van der Waals surface area contributed by atoms with E-state index in [4.69, 9.17) is 10.5 Å². The lowest BCUT2D eigenvalue weighted by Gasteiger charge is -2.18. The molecule has 5 heteroatoms. The first-order valence-electron chi connectivity index (χ1n) is 5.26. The zero-order valence-corrected chi connectivity index (χ0v) is 9.34. The van der Waals surface area contributed by atoms with Crippen molar-refractivity contribution in [2.75, 3.05) is 6.61 Å². The number of hydrogen-bond donors (Lipinski definition) is 1. The van der Waals surface area contributed by atoms with E-state index in [9.17, 15) is 8.78 Å². The van der Waals surface area contributed by atoms with Crippen molar-refractivity contribution in [3.63, 3.8) is 0 Å². The Bertz CT molecular complexity index is 489. The molecule has 1 aliphatic heterocycles. The Kier molecular flexibility index (Phi) is 3.08. The molecule has 1 heterocycles. The fourth-order valence-electron chi connectivity index (χ4n) is 1.66. The Morgan fingerprint density at radius 3 is 2.59 bits per heavy atom. The van der Waals surface area contributed by atoms with Crippen LogP contribution in [-0.2, 0) is 4.74 Å². The predicted octanol–water partition coefficient (Wildman–Crippen LogP) is 2.43. The van der Waals surface area contributed by atoms with Crippen LogP contribution in [0.1, 0.15) is 18.9 Å². The molecule has 0 atom stereocenters. The molecule has 0 unspecified atom stereocenters. The summed E-state index contributed by atoms with van der Waals surface area (Å²) in [6.07, 6.45) is 0.500. The van der Waals surface area contributed by atoms with E-state index >= 15 is 0 Å². The van der Waals surface area contributed by atoms with Crippen LogP contribution in [0.5, 0.6) is 0 Å². The molecule has 3 nitrogen and oxygen atoms in total. The van der Waals surface area contributed by atoms with Crippen molar-refractivity contribution >= 4 is 11.5 Å². The van der Waals surface area contributed by atoms with Crippen LogP contribution >= 0.6 is 0 Å². The van der Waals surface area contributed by atoms with Crippen molar-refractivity contribution in [2.45, 2.75) is 13.3 Å². The molecule has 0 bridgehead atoms. The summed E-state index contributed by atoms with van der Waals surface area (Å²) < 4.78 is 32.6. The summed E-state index contributed by atoms with van der Waals surface area (Å²) in [6.45, 7) is 1.98. The molecule has 0 radical (unpaired) electrons. The molecule has 0 spiro atoms. The van der Waals surface area contributed by atoms with Gasteiger partial charge in [-0.25, -0.2) is 13.8 Å². The first-order chi connectivity index (χ1) is 8.13. The van der Waals surface area contributed by atoms with Crippen LogP contribution in [0.4, 0.5) is 8.78 Å². The topological polar surface area (TPSA) is 47.6 Å². The number of nitrogens with two attached hydrogens (primary N) is 1. The quantitative estimate of drug-likeness (QED) is 0.860. The minimum Gasteiger partial charge on any atom is -0.488 e. The number of hydrogen-bond acceptors (Lipinski definition) is 3. The molecule has 90 valence electrons. The van der Waals surface area contributed by atoms with Gasteiger partial charge in [-0.2, -0.15) is 0 Å². The fraction of sp³-hybridized carbons (Fsp3) is 0.250. The van der Waals surface area contributed by atoms with Crippen molar-refractivity contribution in [1.82, 2.24) is 0 Å². The second-order valence-electron chi connectivity index (χ2n) is 3.61. The van der Waals surface area contributed by atoms with E-state index in [2.05, 4.69) is 4.99 Å².